The first-order valence-corrected chi connectivity index (χ1v) is 8.47. The number of hydrogen-bond donors (Lipinski definition) is 2. The van der Waals surface area contributed by atoms with Crippen LogP contribution >= 0.6 is 0 Å². The third-order valence-electron chi connectivity index (χ3n) is 3.45. The third kappa shape index (κ3) is 16.9. The first kappa shape index (κ1) is 19.9. The largest absolute Gasteiger partial charge is 0.481 e. The van der Waals surface area contributed by atoms with Crippen molar-refractivity contribution >= 4 is 5.97 Å². The standard InChI is InChI=1S/C18H33NO2/c1-2-3-4-8-11-14-17(19)15-12-9-6-5-7-10-13-16-18(20)21/h11-12,14-15,17H,2-10,13,16,19H2,1H3,(H,20,21). The van der Waals surface area contributed by atoms with E-state index in [1.165, 1.54) is 25.7 Å². The molecule has 0 rings (SSSR count). The molecule has 0 aliphatic rings. The van der Waals surface area contributed by atoms with Crippen LogP contribution in [0, 0.1) is 0 Å². The lowest BCUT2D eigenvalue weighted by Crippen LogP contribution is -2.12. The number of hydrogen-bond acceptors (Lipinski definition) is 2. The van der Waals surface area contributed by atoms with Gasteiger partial charge in [0.2, 0.25) is 0 Å². The van der Waals surface area contributed by atoms with Gasteiger partial charge in [-0.3, -0.25) is 4.79 Å². The predicted octanol–water partition coefficient (Wildman–Crippen LogP) is 4.82. The van der Waals surface area contributed by atoms with Gasteiger partial charge in [-0.15, -0.1) is 0 Å². The van der Waals surface area contributed by atoms with Crippen LogP contribution in [0.2, 0.25) is 0 Å². The molecule has 122 valence electrons. The van der Waals surface area contributed by atoms with Crippen LogP contribution in [-0.4, -0.2) is 17.1 Å². The Bertz CT molecular complexity index is 298. The van der Waals surface area contributed by atoms with Crippen molar-refractivity contribution in [2.24, 2.45) is 5.73 Å². The topological polar surface area (TPSA) is 63.3 Å². The number of unbranched alkanes of at least 4 members (excludes halogenated alkanes) is 8. The molecule has 0 aliphatic carbocycles. The number of rotatable bonds is 14. The van der Waals surface area contributed by atoms with E-state index in [1.54, 1.807) is 0 Å². The Balaban J connectivity index is 3.39. The van der Waals surface area contributed by atoms with Gasteiger partial charge in [0, 0.05) is 12.5 Å². The lowest BCUT2D eigenvalue weighted by atomic mass is 10.1. The molecule has 0 bridgehead atoms. The summed E-state index contributed by atoms with van der Waals surface area (Å²) in [4.78, 5) is 10.3. The van der Waals surface area contributed by atoms with Gasteiger partial charge in [0.1, 0.15) is 0 Å². The summed E-state index contributed by atoms with van der Waals surface area (Å²) in [5.74, 6) is -0.685. The van der Waals surface area contributed by atoms with Crippen LogP contribution < -0.4 is 5.73 Å². The van der Waals surface area contributed by atoms with Crippen molar-refractivity contribution in [3.05, 3.63) is 24.3 Å². The molecule has 0 spiro atoms. The first-order valence-electron chi connectivity index (χ1n) is 8.47. The third-order valence-corrected chi connectivity index (χ3v) is 3.45. The van der Waals surface area contributed by atoms with E-state index in [4.69, 9.17) is 10.8 Å². The molecule has 3 nitrogen and oxygen atoms in total. The van der Waals surface area contributed by atoms with Gasteiger partial charge in [0.05, 0.1) is 0 Å². The number of allylic oxidation sites excluding steroid dienone is 2. The predicted molar refractivity (Wildman–Crippen MR) is 90.4 cm³/mol. The van der Waals surface area contributed by atoms with Gasteiger partial charge in [0.15, 0.2) is 0 Å². The number of carboxylic acids is 1. The Labute approximate surface area is 130 Å². The van der Waals surface area contributed by atoms with E-state index in [2.05, 4.69) is 31.2 Å². The highest BCUT2D eigenvalue weighted by Gasteiger charge is 1.96. The molecule has 1 unspecified atom stereocenters. The van der Waals surface area contributed by atoms with Crippen molar-refractivity contribution in [3.8, 4) is 0 Å². The van der Waals surface area contributed by atoms with Gasteiger partial charge in [-0.1, -0.05) is 63.3 Å². The Morgan fingerprint density at radius 2 is 1.48 bits per heavy atom. The maximum atomic E-state index is 10.3. The number of carboxylic acid groups (broad SMARTS) is 1. The average molecular weight is 295 g/mol. The van der Waals surface area contributed by atoms with Crippen LogP contribution in [0.25, 0.3) is 0 Å². The van der Waals surface area contributed by atoms with Crippen LogP contribution in [0.4, 0.5) is 0 Å². The Hall–Kier alpha value is -1.09. The van der Waals surface area contributed by atoms with E-state index in [9.17, 15) is 4.79 Å². The minimum absolute atomic E-state index is 0.0437. The van der Waals surface area contributed by atoms with Crippen molar-refractivity contribution in [2.45, 2.75) is 83.6 Å². The molecular weight excluding hydrogens is 262 g/mol. The quantitative estimate of drug-likeness (QED) is 0.356. The summed E-state index contributed by atoms with van der Waals surface area (Å²) < 4.78 is 0. The minimum Gasteiger partial charge on any atom is -0.481 e. The highest BCUT2D eigenvalue weighted by Crippen LogP contribution is 2.08. The highest BCUT2D eigenvalue weighted by atomic mass is 16.4. The first-order chi connectivity index (χ1) is 10.2. The Kier molecular flexibility index (Phi) is 14.5. The molecule has 1 atom stereocenters. The second kappa shape index (κ2) is 15.3. The zero-order chi connectivity index (χ0) is 15.8. The molecule has 0 aromatic carbocycles. The van der Waals surface area contributed by atoms with Crippen LogP contribution in [0.5, 0.6) is 0 Å². The normalized spacial score (nSPS) is 13.2. The van der Waals surface area contributed by atoms with Gasteiger partial charge in [0.25, 0.3) is 0 Å². The summed E-state index contributed by atoms with van der Waals surface area (Å²) in [6.45, 7) is 2.21. The van der Waals surface area contributed by atoms with E-state index in [0.29, 0.717) is 6.42 Å². The maximum Gasteiger partial charge on any atom is 0.303 e. The lowest BCUT2D eigenvalue weighted by Gasteiger charge is -2.00. The van der Waals surface area contributed by atoms with Crippen LogP contribution in [0.15, 0.2) is 24.3 Å². The molecule has 21 heavy (non-hydrogen) atoms. The zero-order valence-corrected chi connectivity index (χ0v) is 13.6. The summed E-state index contributed by atoms with van der Waals surface area (Å²) in [6.07, 6.45) is 20.1. The molecule has 0 aromatic rings. The Morgan fingerprint density at radius 3 is 2.05 bits per heavy atom. The molecule has 0 radical (unpaired) electrons. The molecule has 0 fully saturated rings. The van der Waals surface area contributed by atoms with Crippen molar-refractivity contribution < 1.29 is 9.90 Å². The van der Waals surface area contributed by atoms with Crippen LogP contribution in [0.1, 0.15) is 77.6 Å². The Morgan fingerprint density at radius 1 is 0.952 bits per heavy atom. The summed E-state index contributed by atoms with van der Waals surface area (Å²) >= 11 is 0. The molecule has 0 aromatic heterocycles. The SMILES string of the molecule is CCCCCC=CC(N)C=CCCCCCCCC(=O)O. The molecule has 0 saturated heterocycles. The van der Waals surface area contributed by atoms with E-state index in [0.717, 1.165) is 38.5 Å². The van der Waals surface area contributed by atoms with Gasteiger partial charge in [-0.2, -0.15) is 0 Å². The van der Waals surface area contributed by atoms with Gasteiger partial charge in [-0.25, -0.2) is 0 Å². The lowest BCUT2D eigenvalue weighted by molar-refractivity contribution is -0.137. The summed E-state index contributed by atoms with van der Waals surface area (Å²) in [5.41, 5.74) is 5.97. The molecule has 0 saturated carbocycles. The summed E-state index contributed by atoms with van der Waals surface area (Å²) in [7, 11) is 0. The van der Waals surface area contributed by atoms with Gasteiger partial charge in [-0.05, 0) is 32.1 Å². The van der Waals surface area contributed by atoms with Crippen LogP contribution in [0.3, 0.4) is 0 Å². The fraction of sp³-hybridized carbons (Fsp3) is 0.722. The van der Waals surface area contributed by atoms with E-state index in [1.807, 2.05) is 0 Å². The summed E-state index contributed by atoms with van der Waals surface area (Å²) in [6, 6.07) is 0.0437. The van der Waals surface area contributed by atoms with E-state index < -0.39 is 5.97 Å². The molecule has 3 heteroatoms. The van der Waals surface area contributed by atoms with Crippen molar-refractivity contribution in [3.63, 3.8) is 0 Å². The fourth-order valence-corrected chi connectivity index (χ4v) is 2.15. The second-order valence-electron chi connectivity index (χ2n) is 5.63. The monoisotopic (exact) mass is 295 g/mol. The molecule has 3 N–H and O–H groups in total. The van der Waals surface area contributed by atoms with Gasteiger partial charge >= 0.3 is 5.97 Å². The average Bonchev–Trinajstić information content (AvgIpc) is 2.45. The fourth-order valence-electron chi connectivity index (χ4n) is 2.15. The molecular formula is C18H33NO2. The van der Waals surface area contributed by atoms with Crippen LogP contribution in [-0.2, 0) is 4.79 Å². The van der Waals surface area contributed by atoms with E-state index in [-0.39, 0.29) is 6.04 Å². The second-order valence-corrected chi connectivity index (χ2v) is 5.63. The molecule has 0 aliphatic heterocycles. The van der Waals surface area contributed by atoms with Crippen molar-refractivity contribution in [1.82, 2.24) is 0 Å². The highest BCUT2D eigenvalue weighted by molar-refractivity contribution is 5.66. The van der Waals surface area contributed by atoms with Gasteiger partial charge < -0.3 is 10.8 Å². The maximum absolute atomic E-state index is 10.3. The number of aliphatic carboxylic acids is 1. The molecule has 0 heterocycles. The number of carbonyl (C=O) groups is 1. The minimum atomic E-state index is -0.685. The van der Waals surface area contributed by atoms with E-state index >= 15 is 0 Å². The smallest absolute Gasteiger partial charge is 0.303 e. The van der Waals surface area contributed by atoms with Crippen molar-refractivity contribution in [2.75, 3.05) is 0 Å². The summed E-state index contributed by atoms with van der Waals surface area (Å²) in [5, 5.41) is 8.52. The molecule has 0 amide bonds. The number of nitrogens with two attached hydrogens (primary N) is 1. The van der Waals surface area contributed by atoms with Crippen molar-refractivity contribution in [1.29, 1.82) is 0 Å². The zero-order valence-electron chi connectivity index (χ0n) is 13.6.